The second kappa shape index (κ2) is 4.95. The molecular formula is C10H13ClFN3O. The summed E-state index contributed by atoms with van der Waals surface area (Å²) >= 11 is 5.65. The Morgan fingerprint density at radius 3 is 3.19 bits per heavy atom. The van der Waals surface area contributed by atoms with Gasteiger partial charge in [-0.1, -0.05) is 11.6 Å². The lowest BCUT2D eigenvalue weighted by atomic mass is 10.2. The number of rotatable bonds is 2. The summed E-state index contributed by atoms with van der Waals surface area (Å²) in [6.45, 7) is 2.13. The van der Waals surface area contributed by atoms with Crippen LogP contribution in [0.5, 0.6) is 0 Å². The first kappa shape index (κ1) is 11.6. The fraction of sp³-hybridized carbons (Fsp3) is 0.500. The van der Waals surface area contributed by atoms with Crippen LogP contribution in [0.4, 0.5) is 10.2 Å². The van der Waals surface area contributed by atoms with E-state index in [9.17, 15) is 4.39 Å². The van der Waals surface area contributed by atoms with E-state index in [1.54, 1.807) is 0 Å². The van der Waals surface area contributed by atoms with E-state index in [-0.39, 0.29) is 6.10 Å². The molecule has 1 saturated heterocycles. The molecule has 0 radical (unpaired) electrons. The van der Waals surface area contributed by atoms with Crippen LogP contribution in [0, 0.1) is 5.82 Å². The van der Waals surface area contributed by atoms with Crippen molar-refractivity contribution in [1.82, 2.24) is 4.98 Å². The lowest BCUT2D eigenvalue weighted by molar-refractivity contribution is 0.0460. The number of nitrogens with two attached hydrogens (primary N) is 1. The van der Waals surface area contributed by atoms with Crippen molar-refractivity contribution in [1.29, 1.82) is 0 Å². The maximum atomic E-state index is 13.6. The highest BCUT2D eigenvalue weighted by molar-refractivity contribution is 6.30. The first-order chi connectivity index (χ1) is 7.70. The van der Waals surface area contributed by atoms with Crippen LogP contribution in [0.3, 0.4) is 0 Å². The number of morpholine rings is 1. The van der Waals surface area contributed by atoms with Crippen molar-refractivity contribution >= 4 is 17.4 Å². The second-order valence-electron chi connectivity index (χ2n) is 3.63. The molecule has 6 heteroatoms. The number of halogens is 2. The number of pyridine rings is 1. The first-order valence-corrected chi connectivity index (χ1v) is 5.46. The van der Waals surface area contributed by atoms with Crippen LogP contribution in [-0.4, -0.2) is 37.3 Å². The van der Waals surface area contributed by atoms with Gasteiger partial charge in [-0.2, -0.15) is 0 Å². The van der Waals surface area contributed by atoms with Crippen molar-refractivity contribution in [3.05, 3.63) is 23.1 Å². The third-order valence-corrected chi connectivity index (χ3v) is 2.70. The van der Waals surface area contributed by atoms with Gasteiger partial charge in [0.1, 0.15) is 0 Å². The molecule has 1 fully saturated rings. The number of hydrogen-bond donors (Lipinski definition) is 1. The molecule has 88 valence electrons. The highest BCUT2D eigenvalue weighted by atomic mass is 35.5. The van der Waals surface area contributed by atoms with Gasteiger partial charge in [-0.3, -0.25) is 0 Å². The molecule has 1 aromatic heterocycles. The molecule has 4 nitrogen and oxygen atoms in total. The van der Waals surface area contributed by atoms with E-state index < -0.39 is 5.82 Å². The third kappa shape index (κ3) is 2.42. The molecule has 0 bridgehead atoms. The van der Waals surface area contributed by atoms with Crippen LogP contribution >= 0.6 is 11.6 Å². The van der Waals surface area contributed by atoms with Gasteiger partial charge in [0.2, 0.25) is 0 Å². The Labute approximate surface area is 98.2 Å². The summed E-state index contributed by atoms with van der Waals surface area (Å²) in [4.78, 5) is 5.82. The standard InChI is InChI=1S/C10H13ClFN3O/c11-7-3-9(12)10(14-5-7)15-1-2-16-8(4-13)6-15/h3,5,8H,1-2,4,6,13H2. The van der Waals surface area contributed by atoms with Crippen molar-refractivity contribution < 1.29 is 9.13 Å². The van der Waals surface area contributed by atoms with Crippen molar-refractivity contribution in [2.75, 3.05) is 31.1 Å². The maximum absolute atomic E-state index is 13.6. The van der Waals surface area contributed by atoms with E-state index in [0.29, 0.717) is 37.1 Å². The number of hydrogen-bond acceptors (Lipinski definition) is 4. The summed E-state index contributed by atoms with van der Waals surface area (Å²) in [5.41, 5.74) is 5.52. The van der Waals surface area contributed by atoms with Gasteiger partial charge >= 0.3 is 0 Å². The summed E-state index contributed by atoms with van der Waals surface area (Å²) in [6, 6.07) is 1.26. The zero-order valence-corrected chi connectivity index (χ0v) is 9.45. The summed E-state index contributed by atoms with van der Waals surface area (Å²) in [6.07, 6.45) is 1.37. The Bertz CT molecular complexity index is 377. The monoisotopic (exact) mass is 245 g/mol. The van der Waals surface area contributed by atoms with E-state index in [2.05, 4.69) is 4.98 Å². The van der Waals surface area contributed by atoms with Crippen LogP contribution < -0.4 is 10.6 Å². The highest BCUT2D eigenvalue weighted by Crippen LogP contribution is 2.21. The van der Waals surface area contributed by atoms with Crippen LogP contribution in [0.1, 0.15) is 0 Å². The van der Waals surface area contributed by atoms with Crippen molar-refractivity contribution in [2.24, 2.45) is 5.73 Å². The van der Waals surface area contributed by atoms with Crippen molar-refractivity contribution in [2.45, 2.75) is 6.10 Å². The topological polar surface area (TPSA) is 51.4 Å². The van der Waals surface area contributed by atoms with Gasteiger partial charge in [-0.25, -0.2) is 9.37 Å². The van der Waals surface area contributed by atoms with Gasteiger partial charge in [0.05, 0.1) is 17.7 Å². The minimum Gasteiger partial charge on any atom is -0.373 e. The Morgan fingerprint density at radius 2 is 2.50 bits per heavy atom. The summed E-state index contributed by atoms with van der Waals surface area (Å²) in [7, 11) is 0. The smallest absolute Gasteiger partial charge is 0.167 e. The largest absolute Gasteiger partial charge is 0.373 e. The van der Waals surface area contributed by atoms with Gasteiger partial charge in [0.25, 0.3) is 0 Å². The SMILES string of the molecule is NCC1CN(c2ncc(Cl)cc2F)CCO1. The minimum atomic E-state index is -0.412. The zero-order valence-electron chi connectivity index (χ0n) is 8.70. The van der Waals surface area contributed by atoms with Gasteiger partial charge in [0, 0.05) is 25.8 Å². The fourth-order valence-electron chi connectivity index (χ4n) is 1.69. The molecule has 0 amide bonds. The molecule has 1 unspecified atom stereocenters. The number of anilines is 1. The Kier molecular flexibility index (Phi) is 3.58. The second-order valence-corrected chi connectivity index (χ2v) is 4.07. The van der Waals surface area contributed by atoms with Crippen LogP contribution in [0.2, 0.25) is 5.02 Å². The van der Waals surface area contributed by atoms with E-state index in [4.69, 9.17) is 22.1 Å². The first-order valence-electron chi connectivity index (χ1n) is 5.08. The quantitative estimate of drug-likeness (QED) is 0.846. The van der Waals surface area contributed by atoms with Crippen molar-refractivity contribution in [3.63, 3.8) is 0 Å². The molecule has 16 heavy (non-hydrogen) atoms. The fourth-order valence-corrected chi connectivity index (χ4v) is 1.84. The zero-order chi connectivity index (χ0) is 11.5. The molecule has 2 heterocycles. The third-order valence-electron chi connectivity index (χ3n) is 2.49. The van der Waals surface area contributed by atoms with E-state index in [1.165, 1.54) is 12.3 Å². The number of aromatic nitrogens is 1. The predicted octanol–water partition coefficient (Wildman–Crippen LogP) is 1.04. The van der Waals surface area contributed by atoms with E-state index in [0.717, 1.165) is 0 Å². The molecule has 1 aliphatic rings. The van der Waals surface area contributed by atoms with Gasteiger partial charge in [-0.15, -0.1) is 0 Å². The van der Waals surface area contributed by atoms with Gasteiger partial charge < -0.3 is 15.4 Å². The Morgan fingerprint density at radius 1 is 1.69 bits per heavy atom. The van der Waals surface area contributed by atoms with Crippen molar-refractivity contribution in [3.8, 4) is 0 Å². The lowest BCUT2D eigenvalue weighted by Gasteiger charge is -2.33. The van der Waals surface area contributed by atoms with E-state index in [1.807, 2.05) is 4.90 Å². The predicted molar refractivity (Wildman–Crippen MR) is 60.2 cm³/mol. The van der Waals surface area contributed by atoms with Gasteiger partial charge in [-0.05, 0) is 6.07 Å². The average molecular weight is 246 g/mol. The molecule has 2 N–H and O–H groups in total. The van der Waals surface area contributed by atoms with Gasteiger partial charge in [0.15, 0.2) is 11.6 Å². The van der Waals surface area contributed by atoms with E-state index >= 15 is 0 Å². The number of ether oxygens (including phenoxy) is 1. The molecule has 1 aliphatic heterocycles. The lowest BCUT2D eigenvalue weighted by Crippen LogP contribution is -2.46. The number of nitrogens with zero attached hydrogens (tertiary/aromatic N) is 2. The van der Waals surface area contributed by atoms with Crippen LogP contribution in [0.25, 0.3) is 0 Å². The molecule has 2 rings (SSSR count). The summed E-state index contributed by atoms with van der Waals surface area (Å²) in [5, 5.41) is 0.296. The molecule has 0 aliphatic carbocycles. The van der Waals surface area contributed by atoms with Crippen LogP contribution in [0.15, 0.2) is 12.3 Å². The Balaban J connectivity index is 2.16. The summed E-state index contributed by atoms with van der Waals surface area (Å²) in [5.74, 6) is -0.101. The molecule has 0 spiro atoms. The molecular weight excluding hydrogens is 233 g/mol. The average Bonchev–Trinajstić information content (AvgIpc) is 2.29. The molecule has 0 aromatic carbocycles. The molecule has 0 saturated carbocycles. The Hall–Kier alpha value is -0.910. The molecule has 1 aromatic rings. The molecule has 1 atom stereocenters. The normalized spacial score (nSPS) is 21.2. The minimum absolute atomic E-state index is 0.0642. The summed E-state index contributed by atoms with van der Waals surface area (Å²) < 4.78 is 19.0. The van der Waals surface area contributed by atoms with Crippen LogP contribution in [-0.2, 0) is 4.74 Å². The maximum Gasteiger partial charge on any atom is 0.167 e. The highest BCUT2D eigenvalue weighted by Gasteiger charge is 2.22.